The van der Waals surface area contributed by atoms with E-state index in [9.17, 15) is 4.79 Å². The molecule has 3 rings (SSSR count). The van der Waals surface area contributed by atoms with Crippen molar-refractivity contribution in [2.45, 2.75) is 19.4 Å². The Morgan fingerprint density at radius 1 is 1.26 bits per heavy atom. The Hall–Kier alpha value is -2.96. The Balaban J connectivity index is 1.74. The van der Waals surface area contributed by atoms with Crippen LogP contribution in [0.5, 0.6) is 0 Å². The van der Waals surface area contributed by atoms with Crippen molar-refractivity contribution in [3.63, 3.8) is 0 Å². The molecule has 1 N–H and O–H groups in total. The lowest BCUT2D eigenvalue weighted by Crippen LogP contribution is -2.17. The average molecular weight is 310 g/mol. The van der Waals surface area contributed by atoms with Crippen molar-refractivity contribution in [2.75, 3.05) is 7.05 Å². The smallest absolute Gasteiger partial charge is 0.219 e. The van der Waals surface area contributed by atoms with Gasteiger partial charge in [-0.2, -0.15) is 5.10 Å². The lowest BCUT2D eigenvalue weighted by Gasteiger charge is -2.04. The fourth-order valence-electron chi connectivity index (χ4n) is 2.32. The van der Waals surface area contributed by atoms with Gasteiger partial charge in [-0.1, -0.05) is 6.07 Å². The van der Waals surface area contributed by atoms with Gasteiger partial charge in [0.05, 0.1) is 11.9 Å². The van der Waals surface area contributed by atoms with Crippen molar-refractivity contribution >= 4 is 5.91 Å². The lowest BCUT2D eigenvalue weighted by molar-refractivity contribution is -0.120. The number of rotatable bonds is 6. The van der Waals surface area contributed by atoms with Gasteiger partial charge in [0.1, 0.15) is 5.69 Å². The minimum absolute atomic E-state index is 0.0458. The van der Waals surface area contributed by atoms with Crippen molar-refractivity contribution < 1.29 is 4.79 Å². The monoisotopic (exact) mass is 310 g/mol. The molecule has 0 spiro atoms. The maximum atomic E-state index is 11.2. The number of pyridine rings is 1. The van der Waals surface area contributed by atoms with Crippen LogP contribution in [-0.2, 0) is 11.3 Å². The topological polar surface area (TPSA) is 77.6 Å². The van der Waals surface area contributed by atoms with E-state index in [-0.39, 0.29) is 5.91 Å². The molecular formula is C16H18N6O. The van der Waals surface area contributed by atoms with Crippen molar-refractivity contribution in [1.29, 1.82) is 0 Å². The first-order chi connectivity index (χ1) is 11.3. The minimum Gasteiger partial charge on any atom is -0.359 e. The highest BCUT2D eigenvalue weighted by atomic mass is 16.1. The number of carbonyl (C=O) groups is 1. The van der Waals surface area contributed by atoms with E-state index >= 15 is 0 Å². The van der Waals surface area contributed by atoms with Crippen LogP contribution in [0.3, 0.4) is 0 Å². The summed E-state index contributed by atoms with van der Waals surface area (Å²) < 4.78 is 3.78. The third-order valence-corrected chi connectivity index (χ3v) is 3.50. The Bertz CT molecular complexity index is 777. The third-order valence-electron chi connectivity index (χ3n) is 3.50. The molecule has 0 unspecified atom stereocenters. The molecule has 0 aromatic carbocycles. The molecule has 7 heteroatoms. The summed E-state index contributed by atoms with van der Waals surface area (Å²) in [6.07, 6.45) is 10.3. The van der Waals surface area contributed by atoms with E-state index in [1.165, 1.54) is 0 Å². The van der Waals surface area contributed by atoms with E-state index in [1.807, 2.05) is 39.8 Å². The van der Waals surface area contributed by atoms with Crippen LogP contribution in [-0.4, -0.2) is 37.3 Å². The molecule has 0 saturated carbocycles. The highest BCUT2D eigenvalue weighted by Crippen LogP contribution is 2.18. The molecule has 0 saturated heterocycles. The van der Waals surface area contributed by atoms with Gasteiger partial charge in [-0.3, -0.25) is 19.0 Å². The summed E-state index contributed by atoms with van der Waals surface area (Å²) in [6, 6.07) is 5.73. The van der Waals surface area contributed by atoms with Gasteiger partial charge in [-0.15, -0.1) is 0 Å². The van der Waals surface area contributed by atoms with Gasteiger partial charge in [0.15, 0.2) is 5.82 Å². The van der Waals surface area contributed by atoms with Gasteiger partial charge in [0.2, 0.25) is 5.91 Å². The van der Waals surface area contributed by atoms with E-state index in [2.05, 4.69) is 20.4 Å². The summed E-state index contributed by atoms with van der Waals surface area (Å²) in [6.45, 7) is 0.695. The molecule has 0 atom stereocenters. The van der Waals surface area contributed by atoms with E-state index in [0.717, 1.165) is 23.6 Å². The second kappa shape index (κ2) is 6.87. The predicted molar refractivity (Wildman–Crippen MR) is 85.9 cm³/mol. The van der Waals surface area contributed by atoms with Gasteiger partial charge in [-0.25, -0.2) is 4.98 Å². The standard InChI is InChI=1S/C16H18N6O/c1-17-15(23)6-4-9-21-12-13(11-20-21)22-10-8-19-16(22)14-5-2-3-7-18-14/h2-3,5,7-8,10-12H,4,6,9H2,1H3,(H,17,23). The Kier molecular flexibility index (Phi) is 4.46. The first-order valence-electron chi connectivity index (χ1n) is 7.46. The highest BCUT2D eigenvalue weighted by molar-refractivity contribution is 5.75. The molecule has 23 heavy (non-hydrogen) atoms. The number of hydrogen-bond acceptors (Lipinski definition) is 4. The molecule has 3 heterocycles. The highest BCUT2D eigenvalue weighted by Gasteiger charge is 2.10. The number of aromatic nitrogens is 5. The number of carbonyl (C=O) groups excluding carboxylic acids is 1. The van der Waals surface area contributed by atoms with Crippen LogP contribution in [0, 0.1) is 0 Å². The molecule has 1 amide bonds. The van der Waals surface area contributed by atoms with Crippen LogP contribution in [0.1, 0.15) is 12.8 Å². The van der Waals surface area contributed by atoms with Gasteiger partial charge in [0, 0.05) is 44.8 Å². The second-order valence-corrected chi connectivity index (χ2v) is 5.07. The normalized spacial score (nSPS) is 10.7. The van der Waals surface area contributed by atoms with E-state index in [1.54, 1.807) is 25.6 Å². The largest absolute Gasteiger partial charge is 0.359 e. The SMILES string of the molecule is CNC(=O)CCCn1cc(-n2ccnc2-c2ccccn2)cn1. The number of nitrogens with zero attached hydrogens (tertiary/aromatic N) is 5. The summed E-state index contributed by atoms with van der Waals surface area (Å²) in [5, 5.41) is 6.96. The molecule has 3 aromatic rings. The lowest BCUT2D eigenvalue weighted by atomic mass is 10.3. The average Bonchev–Trinajstić information content (AvgIpc) is 3.24. The van der Waals surface area contributed by atoms with Crippen molar-refractivity contribution in [1.82, 2.24) is 29.6 Å². The van der Waals surface area contributed by atoms with Crippen LogP contribution in [0.2, 0.25) is 0 Å². The molecule has 0 aliphatic carbocycles. The van der Waals surface area contributed by atoms with Gasteiger partial charge >= 0.3 is 0 Å². The quantitative estimate of drug-likeness (QED) is 0.751. The Morgan fingerprint density at radius 2 is 2.17 bits per heavy atom. The molecule has 3 aromatic heterocycles. The molecule has 0 fully saturated rings. The van der Waals surface area contributed by atoms with Crippen molar-refractivity contribution in [3.8, 4) is 17.2 Å². The zero-order valence-corrected chi connectivity index (χ0v) is 12.9. The first-order valence-corrected chi connectivity index (χ1v) is 7.46. The summed E-state index contributed by atoms with van der Waals surface area (Å²) in [5.41, 5.74) is 1.73. The van der Waals surface area contributed by atoms with Gasteiger partial charge in [0.25, 0.3) is 0 Å². The number of imidazole rings is 1. The summed E-state index contributed by atoms with van der Waals surface area (Å²) in [7, 11) is 1.65. The molecule has 0 radical (unpaired) electrons. The number of aryl methyl sites for hydroxylation is 1. The number of nitrogens with one attached hydrogen (secondary N) is 1. The fraction of sp³-hybridized carbons (Fsp3) is 0.250. The van der Waals surface area contributed by atoms with Crippen LogP contribution in [0.4, 0.5) is 0 Å². The molecule has 0 aliphatic heterocycles. The van der Waals surface area contributed by atoms with Crippen molar-refractivity contribution in [2.24, 2.45) is 0 Å². The maximum Gasteiger partial charge on any atom is 0.219 e. The van der Waals surface area contributed by atoms with E-state index in [0.29, 0.717) is 13.0 Å². The van der Waals surface area contributed by atoms with Gasteiger partial charge in [-0.05, 0) is 18.6 Å². The molecule has 0 aliphatic rings. The fourth-order valence-corrected chi connectivity index (χ4v) is 2.32. The molecule has 7 nitrogen and oxygen atoms in total. The zero-order valence-electron chi connectivity index (χ0n) is 12.9. The predicted octanol–water partition coefficient (Wildman–Crippen LogP) is 1.66. The Labute approximate surface area is 134 Å². The maximum absolute atomic E-state index is 11.2. The third kappa shape index (κ3) is 3.45. The van der Waals surface area contributed by atoms with Gasteiger partial charge < -0.3 is 5.32 Å². The first kappa shape index (κ1) is 15.0. The summed E-state index contributed by atoms with van der Waals surface area (Å²) >= 11 is 0. The van der Waals surface area contributed by atoms with Crippen LogP contribution < -0.4 is 5.32 Å². The second-order valence-electron chi connectivity index (χ2n) is 5.07. The van der Waals surface area contributed by atoms with E-state index in [4.69, 9.17) is 0 Å². The summed E-state index contributed by atoms with van der Waals surface area (Å²) in [5.74, 6) is 0.819. The number of amides is 1. The molecule has 0 bridgehead atoms. The Morgan fingerprint density at radius 3 is 2.96 bits per heavy atom. The van der Waals surface area contributed by atoms with Crippen LogP contribution in [0.15, 0.2) is 49.2 Å². The minimum atomic E-state index is 0.0458. The van der Waals surface area contributed by atoms with Crippen molar-refractivity contribution in [3.05, 3.63) is 49.2 Å². The van der Waals surface area contributed by atoms with Crippen LogP contribution >= 0.6 is 0 Å². The van der Waals surface area contributed by atoms with Crippen LogP contribution in [0.25, 0.3) is 17.2 Å². The zero-order chi connectivity index (χ0) is 16.1. The molecular weight excluding hydrogens is 292 g/mol. The van der Waals surface area contributed by atoms with E-state index < -0.39 is 0 Å². The summed E-state index contributed by atoms with van der Waals surface area (Å²) in [4.78, 5) is 20.0. The number of hydrogen-bond donors (Lipinski definition) is 1. The molecule has 118 valence electrons.